The lowest BCUT2D eigenvalue weighted by Crippen LogP contribution is -1.98. The van der Waals surface area contributed by atoms with Crippen LogP contribution in [0.5, 0.6) is 0 Å². The molecule has 72 valence electrons. The molecule has 0 atom stereocenters. The first-order valence-electron chi connectivity index (χ1n) is 4.02. The van der Waals surface area contributed by atoms with Gasteiger partial charge in [-0.05, 0) is 17.9 Å². The molecule has 3 nitrogen and oxygen atoms in total. The molecule has 0 saturated carbocycles. The van der Waals surface area contributed by atoms with Crippen molar-refractivity contribution >= 4 is 17.7 Å². The molecule has 0 fully saturated rings. The number of carbonyl (C=O) groups is 1. The maximum absolute atomic E-state index is 11.0. The first-order valence-corrected chi connectivity index (χ1v) is 5.18. The Bertz CT molecular complexity index is 280. The number of hydrogen-bond acceptors (Lipinski definition) is 4. The SMILES string of the molecule is CCSCc1ccc(C(=O)OC)o1. The number of ether oxygens (including phenoxy) is 1. The summed E-state index contributed by atoms with van der Waals surface area (Å²) in [6.45, 7) is 2.08. The highest BCUT2D eigenvalue weighted by Crippen LogP contribution is 2.15. The molecule has 0 radical (unpaired) electrons. The van der Waals surface area contributed by atoms with Crippen molar-refractivity contribution in [2.24, 2.45) is 0 Å². The second-order valence-corrected chi connectivity index (χ2v) is 3.67. The number of furan rings is 1. The zero-order chi connectivity index (χ0) is 9.68. The lowest BCUT2D eigenvalue weighted by molar-refractivity contribution is 0.0563. The number of esters is 1. The molecular formula is C9H12O3S. The second-order valence-electron chi connectivity index (χ2n) is 2.39. The molecule has 13 heavy (non-hydrogen) atoms. The van der Waals surface area contributed by atoms with Gasteiger partial charge in [-0.2, -0.15) is 11.8 Å². The molecule has 1 heterocycles. The van der Waals surface area contributed by atoms with E-state index in [1.807, 2.05) is 0 Å². The third-order valence-electron chi connectivity index (χ3n) is 1.50. The number of rotatable bonds is 4. The first kappa shape index (κ1) is 10.2. The predicted molar refractivity (Wildman–Crippen MR) is 51.9 cm³/mol. The summed E-state index contributed by atoms with van der Waals surface area (Å²) in [4.78, 5) is 11.0. The van der Waals surface area contributed by atoms with E-state index < -0.39 is 5.97 Å². The molecule has 0 aliphatic carbocycles. The molecule has 1 aromatic rings. The van der Waals surface area contributed by atoms with E-state index in [9.17, 15) is 4.79 Å². The van der Waals surface area contributed by atoms with Crippen LogP contribution in [0, 0.1) is 0 Å². The quantitative estimate of drug-likeness (QED) is 0.699. The monoisotopic (exact) mass is 200 g/mol. The van der Waals surface area contributed by atoms with Crippen LogP contribution in [0.1, 0.15) is 23.2 Å². The van der Waals surface area contributed by atoms with Gasteiger partial charge in [0.2, 0.25) is 5.76 Å². The molecule has 0 aromatic carbocycles. The van der Waals surface area contributed by atoms with E-state index in [-0.39, 0.29) is 5.76 Å². The van der Waals surface area contributed by atoms with Gasteiger partial charge in [-0.15, -0.1) is 0 Å². The van der Waals surface area contributed by atoms with E-state index in [4.69, 9.17) is 4.42 Å². The molecule has 0 aliphatic heterocycles. The van der Waals surface area contributed by atoms with Crippen LogP contribution >= 0.6 is 11.8 Å². The Balaban J connectivity index is 2.58. The number of hydrogen-bond donors (Lipinski definition) is 0. The van der Waals surface area contributed by atoms with E-state index in [1.165, 1.54) is 7.11 Å². The smallest absolute Gasteiger partial charge is 0.373 e. The van der Waals surface area contributed by atoms with Gasteiger partial charge < -0.3 is 9.15 Å². The highest BCUT2D eigenvalue weighted by atomic mass is 32.2. The Hall–Kier alpha value is -0.900. The lowest BCUT2D eigenvalue weighted by atomic mass is 10.4. The van der Waals surface area contributed by atoms with Gasteiger partial charge in [0.25, 0.3) is 0 Å². The van der Waals surface area contributed by atoms with Crippen molar-refractivity contribution in [2.45, 2.75) is 12.7 Å². The first-order chi connectivity index (χ1) is 6.27. The lowest BCUT2D eigenvalue weighted by Gasteiger charge is -1.94. The molecule has 0 unspecified atom stereocenters. The van der Waals surface area contributed by atoms with E-state index in [0.29, 0.717) is 0 Å². The maximum atomic E-state index is 11.0. The third kappa shape index (κ3) is 2.81. The summed E-state index contributed by atoms with van der Waals surface area (Å²) in [5.41, 5.74) is 0. The largest absolute Gasteiger partial charge is 0.463 e. The van der Waals surface area contributed by atoms with Crippen molar-refractivity contribution in [3.05, 3.63) is 23.7 Å². The van der Waals surface area contributed by atoms with Crippen molar-refractivity contribution in [1.29, 1.82) is 0 Å². The predicted octanol–water partition coefficient (Wildman–Crippen LogP) is 2.32. The summed E-state index contributed by atoms with van der Waals surface area (Å²) >= 11 is 1.75. The highest BCUT2D eigenvalue weighted by molar-refractivity contribution is 7.98. The Morgan fingerprint density at radius 3 is 3.00 bits per heavy atom. The van der Waals surface area contributed by atoms with Crippen LogP contribution in [0.25, 0.3) is 0 Å². The van der Waals surface area contributed by atoms with Gasteiger partial charge in [0.05, 0.1) is 12.9 Å². The standard InChI is InChI=1S/C9H12O3S/c1-3-13-6-7-4-5-8(12-7)9(10)11-2/h4-5H,3,6H2,1-2H3. The summed E-state index contributed by atoms with van der Waals surface area (Å²) in [6, 6.07) is 3.44. The maximum Gasteiger partial charge on any atom is 0.373 e. The summed E-state index contributed by atoms with van der Waals surface area (Å²) in [5, 5.41) is 0. The molecular weight excluding hydrogens is 188 g/mol. The zero-order valence-electron chi connectivity index (χ0n) is 7.70. The zero-order valence-corrected chi connectivity index (χ0v) is 8.52. The van der Waals surface area contributed by atoms with Crippen molar-refractivity contribution in [2.75, 3.05) is 12.9 Å². The van der Waals surface area contributed by atoms with Crippen LogP contribution in [0.4, 0.5) is 0 Å². The van der Waals surface area contributed by atoms with Crippen LogP contribution in [0.15, 0.2) is 16.5 Å². The Kier molecular flexibility index (Phi) is 3.89. The van der Waals surface area contributed by atoms with Gasteiger partial charge in [0, 0.05) is 0 Å². The van der Waals surface area contributed by atoms with Crippen molar-refractivity contribution in [3.8, 4) is 0 Å². The molecule has 1 aromatic heterocycles. The highest BCUT2D eigenvalue weighted by Gasteiger charge is 2.10. The number of carbonyl (C=O) groups excluding carboxylic acids is 1. The molecule has 0 aliphatic rings. The minimum Gasteiger partial charge on any atom is -0.463 e. The van der Waals surface area contributed by atoms with Gasteiger partial charge in [-0.1, -0.05) is 6.92 Å². The van der Waals surface area contributed by atoms with Gasteiger partial charge in [-0.25, -0.2) is 4.79 Å². The van der Waals surface area contributed by atoms with Crippen LogP contribution in [-0.2, 0) is 10.5 Å². The van der Waals surface area contributed by atoms with Crippen LogP contribution < -0.4 is 0 Å². The minimum absolute atomic E-state index is 0.272. The minimum atomic E-state index is -0.423. The van der Waals surface area contributed by atoms with Gasteiger partial charge in [0.1, 0.15) is 5.76 Å². The molecule has 4 heteroatoms. The molecule has 0 saturated heterocycles. The van der Waals surface area contributed by atoms with Gasteiger partial charge >= 0.3 is 5.97 Å². The van der Waals surface area contributed by atoms with Crippen LogP contribution in [0.2, 0.25) is 0 Å². The Labute approximate surface area is 81.4 Å². The van der Waals surface area contributed by atoms with Gasteiger partial charge in [-0.3, -0.25) is 0 Å². The topological polar surface area (TPSA) is 39.4 Å². The summed E-state index contributed by atoms with van der Waals surface area (Å²) in [7, 11) is 1.34. The number of methoxy groups -OCH3 is 1. The second kappa shape index (κ2) is 4.97. The van der Waals surface area contributed by atoms with Gasteiger partial charge in [0.15, 0.2) is 0 Å². The van der Waals surface area contributed by atoms with Crippen LogP contribution in [0.3, 0.4) is 0 Å². The molecule has 0 amide bonds. The van der Waals surface area contributed by atoms with Crippen molar-refractivity contribution < 1.29 is 13.9 Å². The molecule has 0 spiro atoms. The van der Waals surface area contributed by atoms with Crippen LogP contribution in [-0.4, -0.2) is 18.8 Å². The summed E-state index contributed by atoms with van der Waals surface area (Å²) in [6.07, 6.45) is 0. The molecule has 0 N–H and O–H groups in total. The number of thioether (sulfide) groups is 1. The summed E-state index contributed by atoms with van der Waals surface area (Å²) in [5.74, 6) is 2.50. The Morgan fingerprint density at radius 1 is 1.62 bits per heavy atom. The fourth-order valence-corrected chi connectivity index (χ4v) is 1.43. The average molecular weight is 200 g/mol. The normalized spacial score (nSPS) is 10.0. The van der Waals surface area contributed by atoms with Crippen molar-refractivity contribution in [1.82, 2.24) is 0 Å². The average Bonchev–Trinajstić information content (AvgIpc) is 2.62. The molecule has 1 rings (SSSR count). The third-order valence-corrected chi connectivity index (χ3v) is 2.39. The fourth-order valence-electron chi connectivity index (χ4n) is 0.868. The van der Waals surface area contributed by atoms with E-state index in [1.54, 1.807) is 23.9 Å². The van der Waals surface area contributed by atoms with Crippen molar-refractivity contribution in [3.63, 3.8) is 0 Å². The van der Waals surface area contributed by atoms with E-state index in [2.05, 4.69) is 11.7 Å². The fraction of sp³-hybridized carbons (Fsp3) is 0.444. The molecule has 0 bridgehead atoms. The summed E-state index contributed by atoms with van der Waals surface area (Å²) < 4.78 is 9.76. The van der Waals surface area contributed by atoms with E-state index in [0.717, 1.165) is 17.3 Å². The Morgan fingerprint density at radius 2 is 2.38 bits per heavy atom. The van der Waals surface area contributed by atoms with E-state index >= 15 is 0 Å².